The molecule has 2 rings (SSSR count). The summed E-state index contributed by atoms with van der Waals surface area (Å²) < 4.78 is 24.3. The standard InChI is InChI=1S/C12H10F2N2S/c13-12(14)17-10-4-1-8(2-5-10)9-3-6-11(15)16-7-9/h1-7,12H,(H2,15,16). The van der Waals surface area contributed by atoms with Gasteiger partial charge in [0, 0.05) is 16.7 Å². The van der Waals surface area contributed by atoms with Crippen molar-refractivity contribution in [3.05, 3.63) is 42.6 Å². The molecule has 0 radical (unpaired) electrons. The van der Waals surface area contributed by atoms with Crippen LogP contribution in [0.4, 0.5) is 14.6 Å². The number of thioether (sulfide) groups is 1. The van der Waals surface area contributed by atoms with Crippen LogP contribution in [0.1, 0.15) is 0 Å². The normalized spacial score (nSPS) is 10.8. The van der Waals surface area contributed by atoms with Crippen LogP contribution < -0.4 is 5.73 Å². The Morgan fingerprint density at radius 3 is 2.18 bits per heavy atom. The van der Waals surface area contributed by atoms with E-state index in [0.29, 0.717) is 22.5 Å². The van der Waals surface area contributed by atoms with Crippen molar-refractivity contribution in [1.82, 2.24) is 4.98 Å². The van der Waals surface area contributed by atoms with E-state index < -0.39 is 5.76 Å². The maximum atomic E-state index is 12.1. The Bertz CT molecular complexity index is 483. The molecule has 17 heavy (non-hydrogen) atoms. The fraction of sp³-hybridized carbons (Fsp3) is 0.0833. The maximum absolute atomic E-state index is 12.1. The Kier molecular flexibility index (Phi) is 3.58. The SMILES string of the molecule is Nc1ccc(-c2ccc(SC(F)F)cc2)cn1. The number of aromatic nitrogens is 1. The molecular formula is C12H10F2N2S. The van der Waals surface area contributed by atoms with Gasteiger partial charge in [0.1, 0.15) is 5.82 Å². The largest absolute Gasteiger partial charge is 0.384 e. The number of hydrogen-bond donors (Lipinski definition) is 1. The quantitative estimate of drug-likeness (QED) is 0.847. The summed E-state index contributed by atoms with van der Waals surface area (Å²) in [6.07, 6.45) is 1.66. The van der Waals surface area contributed by atoms with Crippen LogP contribution in [0.25, 0.3) is 11.1 Å². The lowest BCUT2D eigenvalue weighted by Crippen LogP contribution is -1.89. The molecule has 1 heterocycles. The van der Waals surface area contributed by atoms with Gasteiger partial charge in [0.15, 0.2) is 0 Å². The molecule has 0 aliphatic rings. The van der Waals surface area contributed by atoms with E-state index in [4.69, 9.17) is 5.73 Å². The zero-order chi connectivity index (χ0) is 12.3. The highest BCUT2D eigenvalue weighted by atomic mass is 32.2. The molecule has 1 aromatic heterocycles. The van der Waals surface area contributed by atoms with E-state index in [0.717, 1.165) is 11.1 Å². The zero-order valence-corrected chi connectivity index (χ0v) is 9.62. The van der Waals surface area contributed by atoms with Crippen molar-refractivity contribution >= 4 is 17.6 Å². The first-order chi connectivity index (χ1) is 8.15. The summed E-state index contributed by atoms with van der Waals surface area (Å²) >= 11 is 0.536. The van der Waals surface area contributed by atoms with E-state index in [1.165, 1.54) is 0 Å². The number of halogens is 2. The zero-order valence-electron chi connectivity index (χ0n) is 8.81. The van der Waals surface area contributed by atoms with Gasteiger partial charge < -0.3 is 5.73 Å². The molecule has 0 aliphatic heterocycles. The lowest BCUT2D eigenvalue weighted by molar-refractivity contribution is 0.252. The van der Waals surface area contributed by atoms with Gasteiger partial charge >= 0.3 is 0 Å². The molecule has 0 saturated heterocycles. The van der Waals surface area contributed by atoms with E-state index >= 15 is 0 Å². The number of alkyl halides is 2. The number of nitrogens with two attached hydrogens (primary N) is 1. The topological polar surface area (TPSA) is 38.9 Å². The van der Waals surface area contributed by atoms with Crippen LogP contribution in [0.5, 0.6) is 0 Å². The number of anilines is 1. The summed E-state index contributed by atoms with van der Waals surface area (Å²) in [5.74, 6) is -1.93. The smallest absolute Gasteiger partial charge is 0.288 e. The molecule has 2 nitrogen and oxygen atoms in total. The van der Waals surface area contributed by atoms with Crippen molar-refractivity contribution in [2.45, 2.75) is 10.7 Å². The predicted octanol–water partition coefficient (Wildman–Crippen LogP) is 3.65. The van der Waals surface area contributed by atoms with Crippen LogP contribution in [0.3, 0.4) is 0 Å². The van der Waals surface area contributed by atoms with Gasteiger partial charge in [-0.2, -0.15) is 8.78 Å². The second kappa shape index (κ2) is 5.14. The highest BCUT2D eigenvalue weighted by Gasteiger charge is 2.05. The van der Waals surface area contributed by atoms with Crippen LogP contribution in [0, 0.1) is 0 Å². The highest BCUT2D eigenvalue weighted by Crippen LogP contribution is 2.27. The van der Waals surface area contributed by atoms with E-state index in [1.807, 2.05) is 6.07 Å². The molecule has 5 heteroatoms. The summed E-state index contributed by atoms with van der Waals surface area (Å²) in [4.78, 5) is 4.53. The van der Waals surface area contributed by atoms with Crippen LogP contribution in [-0.2, 0) is 0 Å². The molecule has 88 valence electrons. The van der Waals surface area contributed by atoms with Crippen LogP contribution >= 0.6 is 11.8 Å². The summed E-state index contributed by atoms with van der Waals surface area (Å²) in [5, 5.41) is 0. The third kappa shape index (κ3) is 3.17. The summed E-state index contributed by atoms with van der Waals surface area (Å²) in [7, 11) is 0. The first-order valence-corrected chi connectivity index (χ1v) is 5.80. The van der Waals surface area contributed by atoms with Crippen molar-refractivity contribution in [1.29, 1.82) is 0 Å². The van der Waals surface area contributed by atoms with Crippen molar-refractivity contribution in [2.75, 3.05) is 5.73 Å². The fourth-order valence-corrected chi connectivity index (χ4v) is 1.90. The van der Waals surface area contributed by atoms with Crippen molar-refractivity contribution in [3.8, 4) is 11.1 Å². The minimum atomic E-state index is -2.39. The average molecular weight is 252 g/mol. The van der Waals surface area contributed by atoms with Crippen LogP contribution in [-0.4, -0.2) is 10.7 Å². The average Bonchev–Trinajstić information content (AvgIpc) is 2.30. The lowest BCUT2D eigenvalue weighted by atomic mass is 10.1. The first-order valence-electron chi connectivity index (χ1n) is 4.92. The van der Waals surface area contributed by atoms with Gasteiger partial charge in [0.05, 0.1) is 0 Å². The Balaban J connectivity index is 2.20. The Hall–Kier alpha value is -1.62. The summed E-state index contributed by atoms with van der Waals surface area (Å²) in [6.45, 7) is 0. The number of pyridine rings is 1. The number of nitrogens with zero attached hydrogens (tertiary/aromatic N) is 1. The minimum absolute atomic E-state index is 0.457. The molecule has 0 bridgehead atoms. The fourth-order valence-electron chi connectivity index (χ4n) is 1.40. The second-order valence-electron chi connectivity index (χ2n) is 3.37. The molecule has 2 N–H and O–H groups in total. The third-order valence-electron chi connectivity index (χ3n) is 2.20. The highest BCUT2D eigenvalue weighted by molar-refractivity contribution is 7.99. The minimum Gasteiger partial charge on any atom is -0.384 e. The predicted molar refractivity (Wildman–Crippen MR) is 65.9 cm³/mol. The molecule has 2 aromatic rings. The van der Waals surface area contributed by atoms with Crippen molar-refractivity contribution < 1.29 is 8.78 Å². The van der Waals surface area contributed by atoms with Gasteiger partial charge in [-0.3, -0.25) is 0 Å². The molecule has 0 fully saturated rings. The second-order valence-corrected chi connectivity index (χ2v) is 4.44. The molecule has 0 unspecified atom stereocenters. The number of rotatable bonds is 3. The van der Waals surface area contributed by atoms with Crippen LogP contribution in [0.2, 0.25) is 0 Å². The third-order valence-corrected chi connectivity index (χ3v) is 2.92. The number of benzene rings is 1. The van der Waals surface area contributed by atoms with Gasteiger partial charge in [-0.05, 0) is 29.8 Å². The molecule has 0 aliphatic carbocycles. The Labute approximate surface area is 102 Å². The van der Waals surface area contributed by atoms with Gasteiger partial charge in [-0.15, -0.1) is 0 Å². The van der Waals surface area contributed by atoms with E-state index in [-0.39, 0.29) is 0 Å². The van der Waals surface area contributed by atoms with Gasteiger partial charge in [0.25, 0.3) is 5.76 Å². The van der Waals surface area contributed by atoms with Gasteiger partial charge in [0.2, 0.25) is 0 Å². The molecule has 0 amide bonds. The Morgan fingerprint density at radius 1 is 1.00 bits per heavy atom. The van der Waals surface area contributed by atoms with Crippen molar-refractivity contribution in [3.63, 3.8) is 0 Å². The molecule has 1 aromatic carbocycles. The molecular weight excluding hydrogens is 242 g/mol. The molecule has 0 spiro atoms. The summed E-state index contributed by atoms with van der Waals surface area (Å²) in [5.41, 5.74) is 7.32. The lowest BCUT2D eigenvalue weighted by Gasteiger charge is -2.04. The van der Waals surface area contributed by atoms with E-state index in [1.54, 1.807) is 36.5 Å². The van der Waals surface area contributed by atoms with Gasteiger partial charge in [-0.1, -0.05) is 23.9 Å². The first kappa shape index (κ1) is 11.9. The van der Waals surface area contributed by atoms with E-state index in [9.17, 15) is 8.78 Å². The monoisotopic (exact) mass is 252 g/mol. The Morgan fingerprint density at radius 2 is 1.65 bits per heavy atom. The number of hydrogen-bond acceptors (Lipinski definition) is 3. The van der Waals surface area contributed by atoms with Crippen LogP contribution in [0.15, 0.2) is 47.5 Å². The summed E-state index contributed by atoms with van der Waals surface area (Å²) in [6, 6.07) is 10.5. The number of nitrogen functional groups attached to an aromatic ring is 1. The van der Waals surface area contributed by atoms with Crippen molar-refractivity contribution in [2.24, 2.45) is 0 Å². The van der Waals surface area contributed by atoms with Gasteiger partial charge in [-0.25, -0.2) is 4.98 Å². The maximum Gasteiger partial charge on any atom is 0.288 e. The molecule has 0 atom stereocenters. The van der Waals surface area contributed by atoms with E-state index in [2.05, 4.69) is 4.98 Å². The molecule has 0 saturated carbocycles.